The molecule has 0 aromatic rings. The number of ether oxygens (including phenoxy) is 2. The van der Waals surface area contributed by atoms with Crippen molar-refractivity contribution < 1.29 is 76.5 Å². The van der Waals surface area contributed by atoms with Crippen LogP contribution in [0.3, 0.4) is 0 Å². The lowest BCUT2D eigenvalue weighted by Crippen LogP contribution is -2.48. The van der Waals surface area contributed by atoms with Crippen molar-refractivity contribution in [1.29, 1.82) is 0 Å². The van der Waals surface area contributed by atoms with Crippen LogP contribution in [-0.4, -0.2) is 98.8 Å². The Labute approximate surface area is 336 Å². The predicted molar refractivity (Wildman–Crippen MR) is 211 cm³/mol. The molecule has 20 heteroatoms. The number of carbonyl (C=O) groups is 2. The maximum absolute atomic E-state index is 14.0. The summed E-state index contributed by atoms with van der Waals surface area (Å²) in [5.74, 6) is -2.93. The van der Waals surface area contributed by atoms with Gasteiger partial charge in [0.25, 0.3) is 0 Å². The first kappa shape index (κ1) is 47.9. The first-order valence-electron chi connectivity index (χ1n) is 20.7. The van der Waals surface area contributed by atoms with Gasteiger partial charge in [-0.1, -0.05) is 27.2 Å². The fourth-order valence-electron chi connectivity index (χ4n) is 11.6. The van der Waals surface area contributed by atoms with Crippen LogP contribution in [0.4, 0.5) is 0 Å². The summed E-state index contributed by atoms with van der Waals surface area (Å²) in [5, 5.41) is 0. The lowest BCUT2D eigenvalue weighted by atomic mass is 9.60. The zero-order valence-corrected chi connectivity index (χ0v) is 37.1. The minimum atomic E-state index is -4.86. The van der Waals surface area contributed by atoms with Crippen molar-refractivity contribution in [3.8, 4) is 0 Å². The molecule has 0 amide bonds. The minimum absolute atomic E-state index is 0.0581. The first-order chi connectivity index (χ1) is 26.2. The Morgan fingerprint density at radius 1 is 0.491 bits per heavy atom. The molecular formula is C37H66O16P4. The van der Waals surface area contributed by atoms with Crippen LogP contribution in [0.25, 0.3) is 0 Å². The normalized spacial score (nSPS) is 39.4. The van der Waals surface area contributed by atoms with Gasteiger partial charge in [-0.2, -0.15) is 0 Å². The van der Waals surface area contributed by atoms with E-state index in [0.717, 1.165) is 0 Å². The van der Waals surface area contributed by atoms with Crippen LogP contribution in [0.1, 0.15) is 124 Å². The average Bonchev–Trinajstić information content (AvgIpc) is 3.12. The van der Waals surface area contributed by atoms with Gasteiger partial charge in [-0.3, -0.25) is 27.8 Å². The molecule has 0 spiro atoms. The second kappa shape index (κ2) is 18.3. The highest BCUT2D eigenvalue weighted by molar-refractivity contribution is 7.53. The summed E-state index contributed by atoms with van der Waals surface area (Å²) in [6.07, 6.45) is 2.75. The van der Waals surface area contributed by atoms with Crippen molar-refractivity contribution in [3.63, 3.8) is 0 Å². The van der Waals surface area contributed by atoms with Crippen LogP contribution >= 0.6 is 30.4 Å². The highest BCUT2D eigenvalue weighted by Gasteiger charge is 2.53. The summed E-state index contributed by atoms with van der Waals surface area (Å²) < 4.78 is 62.2. The van der Waals surface area contributed by atoms with Gasteiger partial charge in [0.05, 0.1) is 40.9 Å². The Morgan fingerprint density at radius 3 is 1.32 bits per heavy atom. The van der Waals surface area contributed by atoms with E-state index < -0.39 is 100 Å². The van der Waals surface area contributed by atoms with E-state index in [1.54, 1.807) is 6.92 Å². The number of hydrogen-bond acceptors (Lipinski definition) is 8. The van der Waals surface area contributed by atoms with E-state index in [1.807, 2.05) is 13.8 Å². The molecule has 0 aromatic heterocycles. The van der Waals surface area contributed by atoms with Crippen molar-refractivity contribution in [2.75, 3.05) is 7.11 Å². The third kappa shape index (κ3) is 11.3. The SMILES string of the molecule is COC1CCC(C(C)(C)C2CCC(OC3CCC(C(=O)C4CCCC(C(=O)C5CCC(C)C(P(=O)(O)O)C5)C4)CC3P(=O)(O)O)C(P(=O)(O)O)C2)CC1P(=O)(O)O. The molecule has 0 heterocycles. The van der Waals surface area contributed by atoms with Crippen molar-refractivity contribution in [3.05, 3.63) is 0 Å². The molecule has 14 unspecified atom stereocenters. The largest absolute Gasteiger partial charge is 0.380 e. The fourth-order valence-corrected chi connectivity index (χ4v) is 16.5. The molecule has 5 rings (SSSR count). The van der Waals surface area contributed by atoms with E-state index >= 15 is 0 Å². The summed E-state index contributed by atoms with van der Waals surface area (Å²) in [6, 6.07) is 0. The second-order valence-electron chi connectivity index (χ2n) is 18.8. The highest BCUT2D eigenvalue weighted by Crippen LogP contribution is 2.60. The van der Waals surface area contributed by atoms with Gasteiger partial charge in [0.2, 0.25) is 0 Å². The van der Waals surface area contributed by atoms with E-state index in [4.69, 9.17) is 9.47 Å². The molecule has 0 radical (unpaired) electrons. The molecule has 8 N–H and O–H groups in total. The lowest BCUT2D eigenvalue weighted by Gasteiger charge is -2.50. The molecule has 0 aliphatic heterocycles. The summed E-state index contributed by atoms with van der Waals surface area (Å²) in [6.45, 7) is 5.72. The Kier molecular flexibility index (Phi) is 15.4. The number of rotatable bonds is 13. The standard InChI is InChI=1S/C37H66O16P4/c1-21-8-9-24(17-31(21)54(40,41)42)35(38)22-6-5-7-23(16-22)36(39)25-10-13-29(32(18-25)55(43,44)45)53-30-15-12-27(20-34(30)57(49,50)51)37(2,3)26-11-14-28(52-4)33(19-26)56(46,47)48/h21-34H,5-20H2,1-4H3,(H2,40,41,42)(H2,43,44,45)(H2,46,47,48)(H2,49,50,51). The van der Waals surface area contributed by atoms with E-state index in [0.29, 0.717) is 57.8 Å². The van der Waals surface area contributed by atoms with Gasteiger partial charge in [0.1, 0.15) is 11.6 Å². The average molecular weight is 891 g/mol. The third-order valence-corrected chi connectivity index (χ3v) is 21.0. The molecule has 5 saturated carbocycles. The predicted octanol–water partition coefficient (Wildman–Crippen LogP) is 5.75. The zero-order chi connectivity index (χ0) is 42.5. The molecule has 16 nitrogen and oxygen atoms in total. The number of carbonyl (C=O) groups excluding carboxylic acids is 2. The van der Waals surface area contributed by atoms with Crippen molar-refractivity contribution >= 4 is 41.9 Å². The minimum Gasteiger partial charge on any atom is -0.380 e. The molecule has 0 saturated heterocycles. The highest BCUT2D eigenvalue weighted by atomic mass is 31.2. The Morgan fingerprint density at radius 2 is 0.860 bits per heavy atom. The zero-order valence-electron chi connectivity index (χ0n) is 33.5. The summed E-state index contributed by atoms with van der Waals surface area (Å²) in [4.78, 5) is 110. The molecule has 330 valence electrons. The van der Waals surface area contributed by atoms with Gasteiger partial charge < -0.3 is 48.6 Å². The number of Topliss-reactive ketones (excluding diaryl/α,β-unsaturated/α-hetero) is 2. The molecular weight excluding hydrogens is 824 g/mol. The van der Waals surface area contributed by atoms with Crippen molar-refractivity contribution in [2.24, 2.45) is 46.8 Å². The monoisotopic (exact) mass is 890 g/mol. The first-order valence-corrected chi connectivity index (χ1v) is 27.4. The second-order valence-corrected chi connectivity index (χ2v) is 26.2. The van der Waals surface area contributed by atoms with E-state index in [2.05, 4.69) is 0 Å². The van der Waals surface area contributed by atoms with Crippen LogP contribution in [0.5, 0.6) is 0 Å². The number of ketones is 2. The molecule has 5 aliphatic rings. The van der Waals surface area contributed by atoms with Gasteiger partial charge >= 0.3 is 30.4 Å². The molecule has 0 bridgehead atoms. The van der Waals surface area contributed by atoms with Crippen LogP contribution in [0.15, 0.2) is 0 Å². The van der Waals surface area contributed by atoms with E-state index in [-0.39, 0.29) is 74.3 Å². The van der Waals surface area contributed by atoms with Crippen molar-refractivity contribution in [1.82, 2.24) is 0 Å². The summed E-state index contributed by atoms with van der Waals surface area (Å²) >= 11 is 0. The Hall–Kier alpha value is -0.140. The van der Waals surface area contributed by atoms with Crippen LogP contribution < -0.4 is 0 Å². The van der Waals surface area contributed by atoms with Crippen LogP contribution in [0, 0.1) is 46.8 Å². The van der Waals surface area contributed by atoms with Crippen LogP contribution in [-0.2, 0) is 37.3 Å². The van der Waals surface area contributed by atoms with Gasteiger partial charge in [-0.15, -0.1) is 0 Å². The van der Waals surface area contributed by atoms with Gasteiger partial charge in [0, 0.05) is 30.8 Å². The smallest absolute Gasteiger partial charge is 0.331 e. The molecule has 5 aliphatic carbocycles. The fraction of sp³-hybridized carbons (Fsp3) is 0.946. The quantitative estimate of drug-likeness (QED) is 0.102. The summed E-state index contributed by atoms with van der Waals surface area (Å²) in [7, 11) is -17.1. The van der Waals surface area contributed by atoms with Gasteiger partial charge in [-0.05, 0) is 119 Å². The molecule has 5 fully saturated rings. The number of methoxy groups -OCH3 is 1. The van der Waals surface area contributed by atoms with Gasteiger partial charge in [0.15, 0.2) is 0 Å². The topological polar surface area (TPSA) is 283 Å². The molecule has 0 aromatic carbocycles. The number of hydrogen-bond donors (Lipinski definition) is 8. The van der Waals surface area contributed by atoms with E-state index in [1.165, 1.54) is 7.11 Å². The van der Waals surface area contributed by atoms with Crippen molar-refractivity contribution in [2.45, 2.75) is 164 Å². The maximum Gasteiger partial charge on any atom is 0.331 e. The molecule has 14 atom stereocenters. The Balaban J connectivity index is 1.23. The van der Waals surface area contributed by atoms with Crippen LogP contribution in [0.2, 0.25) is 0 Å². The summed E-state index contributed by atoms with van der Waals surface area (Å²) in [5.41, 5.74) is -5.05. The maximum atomic E-state index is 14.0. The van der Waals surface area contributed by atoms with Gasteiger partial charge in [-0.25, -0.2) is 0 Å². The Bertz CT molecular complexity index is 1630. The third-order valence-electron chi connectivity index (χ3n) is 15.2. The molecule has 57 heavy (non-hydrogen) atoms. The lowest BCUT2D eigenvalue weighted by molar-refractivity contribution is -0.134. The van der Waals surface area contributed by atoms with E-state index in [9.17, 15) is 67.0 Å².